The van der Waals surface area contributed by atoms with Crippen molar-refractivity contribution in [3.8, 4) is 0 Å². The van der Waals surface area contributed by atoms with Gasteiger partial charge >= 0.3 is 0 Å². The molecule has 0 heterocycles. The van der Waals surface area contributed by atoms with Gasteiger partial charge in [-0.15, -0.1) is 0 Å². The van der Waals surface area contributed by atoms with E-state index in [1.54, 1.807) is 24.3 Å². The van der Waals surface area contributed by atoms with Gasteiger partial charge in [0.05, 0.1) is 11.4 Å². The zero-order chi connectivity index (χ0) is 13.9. The standard InChI is InChI=1S/C13H11BrFNO2S/c14-12-8-11(15)6-7-13(12)16-19(17,18)9-10-4-2-1-3-5-10/h1-8,16H,9H2. The van der Waals surface area contributed by atoms with Crippen molar-refractivity contribution in [2.75, 3.05) is 4.72 Å². The zero-order valence-corrected chi connectivity index (χ0v) is 12.2. The van der Waals surface area contributed by atoms with Crippen molar-refractivity contribution < 1.29 is 12.8 Å². The fourth-order valence-corrected chi connectivity index (χ4v) is 3.37. The van der Waals surface area contributed by atoms with Crippen molar-refractivity contribution in [1.29, 1.82) is 0 Å². The lowest BCUT2D eigenvalue weighted by molar-refractivity contribution is 0.600. The van der Waals surface area contributed by atoms with Crippen molar-refractivity contribution >= 4 is 31.6 Å². The fraction of sp³-hybridized carbons (Fsp3) is 0.0769. The fourth-order valence-electron chi connectivity index (χ4n) is 1.57. The minimum atomic E-state index is -3.53. The van der Waals surface area contributed by atoms with E-state index in [1.165, 1.54) is 18.2 Å². The molecule has 0 atom stereocenters. The summed E-state index contributed by atoms with van der Waals surface area (Å²) in [4.78, 5) is 0. The van der Waals surface area contributed by atoms with Gasteiger partial charge in [0.2, 0.25) is 10.0 Å². The average molecular weight is 344 g/mol. The van der Waals surface area contributed by atoms with E-state index in [-0.39, 0.29) is 5.75 Å². The van der Waals surface area contributed by atoms with Crippen LogP contribution in [-0.2, 0) is 15.8 Å². The molecule has 2 aromatic rings. The SMILES string of the molecule is O=S(=O)(Cc1ccccc1)Nc1ccc(F)cc1Br. The third kappa shape index (κ3) is 4.04. The van der Waals surface area contributed by atoms with Crippen LogP contribution in [0.25, 0.3) is 0 Å². The monoisotopic (exact) mass is 343 g/mol. The summed E-state index contributed by atoms with van der Waals surface area (Å²) in [6.07, 6.45) is 0. The molecule has 0 saturated carbocycles. The second-order valence-corrected chi connectivity index (χ2v) is 6.55. The van der Waals surface area contributed by atoms with E-state index in [4.69, 9.17) is 0 Å². The van der Waals surface area contributed by atoms with Gasteiger partial charge < -0.3 is 0 Å². The highest BCUT2D eigenvalue weighted by atomic mass is 79.9. The molecule has 0 aliphatic rings. The van der Waals surface area contributed by atoms with Gasteiger partial charge in [-0.25, -0.2) is 12.8 Å². The van der Waals surface area contributed by atoms with E-state index < -0.39 is 15.8 Å². The Hall–Kier alpha value is -1.40. The summed E-state index contributed by atoms with van der Waals surface area (Å²) < 4.78 is 39.7. The molecule has 0 aliphatic heterocycles. The third-order valence-corrected chi connectivity index (χ3v) is 4.30. The van der Waals surface area contributed by atoms with Crippen molar-refractivity contribution in [2.45, 2.75) is 5.75 Å². The van der Waals surface area contributed by atoms with Crippen molar-refractivity contribution in [3.63, 3.8) is 0 Å². The maximum absolute atomic E-state index is 12.9. The highest BCUT2D eigenvalue weighted by Crippen LogP contribution is 2.24. The molecule has 0 spiro atoms. The van der Waals surface area contributed by atoms with Crippen LogP contribution < -0.4 is 4.72 Å². The number of halogens is 2. The molecule has 0 bridgehead atoms. The average Bonchev–Trinajstić information content (AvgIpc) is 2.33. The summed E-state index contributed by atoms with van der Waals surface area (Å²) in [5, 5.41) is 0. The Balaban J connectivity index is 2.17. The second-order valence-electron chi connectivity index (χ2n) is 3.97. The normalized spacial score (nSPS) is 11.3. The van der Waals surface area contributed by atoms with Gasteiger partial charge in [-0.3, -0.25) is 4.72 Å². The van der Waals surface area contributed by atoms with Crippen molar-refractivity contribution in [1.82, 2.24) is 0 Å². The molecular formula is C13H11BrFNO2S. The quantitative estimate of drug-likeness (QED) is 0.922. The maximum Gasteiger partial charge on any atom is 0.236 e. The van der Waals surface area contributed by atoms with Crippen molar-refractivity contribution in [2.24, 2.45) is 0 Å². The largest absolute Gasteiger partial charge is 0.282 e. The Labute approximate surface area is 119 Å². The van der Waals surface area contributed by atoms with Crippen molar-refractivity contribution in [3.05, 3.63) is 64.4 Å². The van der Waals surface area contributed by atoms with Gasteiger partial charge in [0.25, 0.3) is 0 Å². The van der Waals surface area contributed by atoms with Gasteiger partial charge in [-0.05, 0) is 39.7 Å². The van der Waals surface area contributed by atoms with E-state index in [0.717, 1.165) is 0 Å². The third-order valence-electron chi connectivity index (χ3n) is 2.40. The maximum atomic E-state index is 12.9. The molecule has 0 aromatic heterocycles. The highest BCUT2D eigenvalue weighted by molar-refractivity contribution is 9.10. The van der Waals surface area contributed by atoms with E-state index in [2.05, 4.69) is 20.7 Å². The summed E-state index contributed by atoms with van der Waals surface area (Å²) in [6.45, 7) is 0. The van der Waals surface area contributed by atoms with Crippen LogP contribution in [0.2, 0.25) is 0 Å². The minimum absolute atomic E-state index is 0.127. The molecule has 1 N–H and O–H groups in total. The summed E-state index contributed by atoms with van der Waals surface area (Å²) in [7, 11) is -3.53. The molecular weight excluding hydrogens is 333 g/mol. The first-order valence-corrected chi connectivity index (χ1v) is 7.90. The van der Waals surface area contributed by atoms with E-state index in [1.807, 2.05) is 6.07 Å². The van der Waals surface area contributed by atoms with Crippen LogP contribution in [0.15, 0.2) is 53.0 Å². The van der Waals surface area contributed by atoms with E-state index >= 15 is 0 Å². The molecule has 19 heavy (non-hydrogen) atoms. The predicted molar refractivity (Wildman–Crippen MR) is 76.8 cm³/mol. The Bertz CT molecular complexity index is 674. The lowest BCUT2D eigenvalue weighted by Crippen LogP contribution is -2.15. The number of rotatable bonds is 4. The molecule has 0 aliphatic carbocycles. The molecule has 0 radical (unpaired) electrons. The topological polar surface area (TPSA) is 46.2 Å². The van der Waals surface area contributed by atoms with Gasteiger partial charge in [-0.1, -0.05) is 30.3 Å². The molecule has 0 amide bonds. The number of benzene rings is 2. The van der Waals surface area contributed by atoms with Gasteiger partial charge in [0, 0.05) is 4.47 Å². The zero-order valence-electron chi connectivity index (χ0n) is 9.81. The van der Waals surface area contributed by atoms with Crippen LogP contribution in [0.4, 0.5) is 10.1 Å². The van der Waals surface area contributed by atoms with Gasteiger partial charge in [0.1, 0.15) is 5.82 Å². The molecule has 0 fully saturated rings. The minimum Gasteiger partial charge on any atom is -0.282 e. The Morgan fingerprint density at radius 3 is 2.42 bits per heavy atom. The van der Waals surface area contributed by atoms with E-state index in [9.17, 15) is 12.8 Å². The van der Waals surface area contributed by atoms with Gasteiger partial charge in [0.15, 0.2) is 0 Å². The number of nitrogens with one attached hydrogen (secondary N) is 1. The number of hydrogen-bond acceptors (Lipinski definition) is 2. The lowest BCUT2D eigenvalue weighted by Gasteiger charge is -2.09. The molecule has 0 saturated heterocycles. The van der Waals surface area contributed by atoms with Crippen LogP contribution in [0.5, 0.6) is 0 Å². The predicted octanol–water partition coefficient (Wildman–Crippen LogP) is 3.53. The second kappa shape index (κ2) is 5.71. The number of sulfonamides is 1. The number of anilines is 1. The Morgan fingerprint density at radius 1 is 1.11 bits per heavy atom. The first-order valence-electron chi connectivity index (χ1n) is 5.46. The molecule has 0 unspecified atom stereocenters. The van der Waals surface area contributed by atoms with Crippen LogP contribution in [-0.4, -0.2) is 8.42 Å². The van der Waals surface area contributed by atoms with Crippen LogP contribution in [0, 0.1) is 5.82 Å². The summed E-state index contributed by atoms with van der Waals surface area (Å²) >= 11 is 3.12. The van der Waals surface area contributed by atoms with Gasteiger partial charge in [-0.2, -0.15) is 0 Å². The lowest BCUT2D eigenvalue weighted by atomic mass is 10.2. The summed E-state index contributed by atoms with van der Waals surface area (Å²) in [5.41, 5.74) is 1.01. The first kappa shape index (κ1) is 14.0. The smallest absolute Gasteiger partial charge is 0.236 e. The summed E-state index contributed by atoms with van der Waals surface area (Å²) in [5.74, 6) is -0.560. The molecule has 100 valence electrons. The highest BCUT2D eigenvalue weighted by Gasteiger charge is 2.13. The first-order chi connectivity index (χ1) is 8.96. The summed E-state index contributed by atoms with van der Waals surface area (Å²) in [6, 6.07) is 12.6. The molecule has 2 rings (SSSR count). The van der Waals surface area contributed by atoms with E-state index in [0.29, 0.717) is 15.7 Å². The van der Waals surface area contributed by atoms with Crippen LogP contribution >= 0.6 is 15.9 Å². The molecule has 3 nitrogen and oxygen atoms in total. The van der Waals surface area contributed by atoms with Crippen LogP contribution in [0.3, 0.4) is 0 Å². The number of hydrogen-bond donors (Lipinski definition) is 1. The Kier molecular flexibility index (Phi) is 4.21. The Morgan fingerprint density at radius 2 is 1.79 bits per heavy atom. The van der Waals surface area contributed by atoms with Crippen LogP contribution in [0.1, 0.15) is 5.56 Å². The molecule has 2 aromatic carbocycles. The molecule has 6 heteroatoms.